The van der Waals surface area contributed by atoms with Gasteiger partial charge in [0.1, 0.15) is 5.82 Å². The van der Waals surface area contributed by atoms with Crippen molar-refractivity contribution in [2.24, 2.45) is 0 Å². The fourth-order valence-corrected chi connectivity index (χ4v) is 1.85. The molecule has 2 atom stereocenters. The quantitative estimate of drug-likeness (QED) is 0.840. The van der Waals surface area contributed by atoms with Gasteiger partial charge in [0.25, 0.3) is 0 Å². The molecule has 0 radical (unpaired) electrons. The summed E-state index contributed by atoms with van der Waals surface area (Å²) in [5.41, 5.74) is 0.590. The molecule has 112 valence electrons. The molecule has 0 saturated carbocycles. The second kappa shape index (κ2) is 7.85. The molecule has 0 aromatic heterocycles. The van der Waals surface area contributed by atoms with E-state index >= 15 is 0 Å². The topological polar surface area (TPSA) is 52.6 Å². The average molecular weight is 282 g/mol. The number of hydrogen-bond acceptors (Lipinski definition) is 2. The Morgan fingerprint density at radius 1 is 1.40 bits per heavy atom. The summed E-state index contributed by atoms with van der Waals surface area (Å²) in [5, 5.41) is 12.0. The van der Waals surface area contributed by atoms with Gasteiger partial charge in [-0.25, -0.2) is 9.18 Å². The first-order valence-electron chi connectivity index (χ1n) is 6.83. The molecule has 0 fully saturated rings. The van der Waals surface area contributed by atoms with Crippen molar-refractivity contribution in [3.8, 4) is 0 Å². The van der Waals surface area contributed by atoms with Crippen LogP contribution in [0.1, 0.15) is 25.8 Å². The van der Waals surface area contributed by atoms with E-state index in [1.54, 1.807) is 32.2 Å². The molecule has 2 N–H and O–H groups in total. The molecule has 20 heavy (non-hydrogen) atoms. The molecule has 2 amide bonds. The number of amides is 2. The third-order valence-electron chi connectivity index (χ3n) is 3.08. The van der Waals surface area contributed by atoms with Gasteiger partial charge in [-0.2, -0.15) is 0 Å². The van der Waals surface area contributed by atoms with Gasteiger partial charge in [-0.15, -0.1) is 0 Å². The lowest BCUT2D eigenvalue weighted by molar-refractivity contribution is 0.162. The van der Waals surface area contributed by atoms with Gasteiger partial charge in [-0.05, 0) is 38.3 Å². The van der Waals surface area contributed by atoms with Gasteiger partial charge in [0.05, 0.1) is 6.10 Å². The third kappa shape index (κ3) is 5.57. The van der Waals surface area contributed by atoms with Gasteiger partial charge < -0.3 is 15.3 Å². The van der Waals surface area contributed by atoms with E-state index in [-0.39, 0.29) is 17.9 Å². The fourth-order valence-electron chi connectivity index (χ4n) is 1.85. The lowest BCUT2D eigenvalue weighted by Gasteiger charge is -2.22. The standard InChI is InChI=1S/C15H23FN2O2/c1-11(10-13-6-4-5-7-14(13)16)17-15(20)18(3)9-8-12(2)19/h4-7,11-12,19H,8-10H2,1-3H3,(H,17,20). The van der Waals surface area contributed by atoms with Crippen molar-refractivity contribution in [1.82, 2.24) is 10.2 Å². The van der Waals surface area contributed by atoms with E-state index in [1.165, 1.54) is 11.0 Å². The second-order valence-electron chi connectivity index (χ2n) is 5.21. The van der Waals surface area contributed by atoms with Gasteiger partial charge in [0, 0.05) is 19.6 Å². The van der Waals surface area contributed by atoms with Gasteiger partial charge >= 0.3 is 6.03 Å². The first kappa shape index (κ1) is 16.4. The molecule has 0 aliphatic heterocycles. The Morgan fingerprint density at radius 2 is 2.05 bits per heavy atom. The maximum atomic E-state index is 13.5. The molecular weight excluding hydrogens is 259 g/mol. The normalized spacial score (nSPS) is 13.7. The summed E-state index contributed by atoms with van der Waals surface area (Å²) in [7, 11) is 1.67. The summed E-state index contributed by atoms with van der Waals surface area (Å²) >= 11 is 0. The molecule has 4 nitrogen and oxygen atoms in total. The zero-order valence-electron chi connectivity index (χ0n) is 12.3. The molecule has 0 aliphatic rings. The summed E-state index contributed by atoms with van der Waals surface area (Å²) in [6.07, 6.45) is 0.551. The molecule has 0 heterocycles. The van der Waals surface area contributed by atoms with Crippen molar-refractivity contribution >= 4 is 6.03 Å². The molecule has 0 bridgehead atoms. The van der Waals surface area contributed by atoms with Crippen molar-refractivity contribution in [1.29, 1.82) is 0 Å². The smallest absolute Gasteiger partial charge is 0.317 e. The highest BCUT2D eigenvalue weighted by Crippen LogP contribution is 2.09. The maximum Gasteiger partial charge on any atom is 0.317 e. The molecular formula is C15H23FN2O2. The van der Waals surface area contributed by atoms with Crippen LogP contribution in [0.5, 0.6) is 0 Å². The highest BCUT2D eigenvalue weighted by atomic mass is 19.1. The van der Waals surface area contributed by atoms with Gasteiger partial charge in [0.2, 0.25) is 0 Å². The predicted octanol–water partition coefficient (Wildman–Crippen LogP) is 2.17. The Morgan fingerprint density at radius 3 is 2.65 bits per heavy atom. The van der Waals surface area contributed by atoms with E-state index in [9.17, 15) is 14.3 Å². The molecule has 1 aromatic rings. The molecule has 1 aromatic carbocycles. The molecule has 0 spiro atoms. The maximum absolute atomic E-state index is 13.5. The van der Waals surface area contributed by atoms with Crippen LogP contribution in [0.25, 0.3) is 0 Å². The van der Waals surface area contributed by atoms with Crippen LogP contribution < -0.4 is 5.32 Å². The van der Waals surface area contributed by atoms with Crippen molar-refractivity contribution in [3.63, 3.8) is 0 Å². The Kier molecular flexibility index (Phi) is 6.45. The first-order valence-corrected chi connectivity index (χ1v) is 6.83. The SMILES string of the molecule is CC(O)CCN(C)C(=O)NC(C)Cc1ccccc1F. The van der Waals surface area contributed by atoms with Crippen LogP contribution in [0.15, 0.2) is 24.3 Å². The minimum atomic E-state index is -0.430. The molecule has 0 saturated heterocycles. The zero-order chi connectivity index (χ0) is 15.1. The number of rotatable bonds is 6. The molecule has 0 aliphatic carbocycles. The Bertz CT molecular complexity index is 438. The van der Waals surface area contributed by atoms with Crippen molar-refractivity contribution in [2.75, 3.05) is 13.6 Å². The molecule has 2 unspecified atom stereocenters. The van der Waals surface area contributed by atoms with E-state index in [0.717, 1.165) is 0 Å². The number of carbonyl (C=O) groups excluding carboxylic acids is 1. The van der Waals surface area contributed by atoms with Crippen LogP contribution in [-0.4, -0.2) is 41.8 Å². The number of carbonyl (C=O) groups is 1. The first-order chi connectivity index (χ1) is 9.40. The predicted molar refractivity (Wildman–Crippen MR) is 77.0 cm³/mol. The summed E-state index contributed by atoms with van der Waals surface area (Å²) in [4.78, 5) is 13.4. The number of halogens is 1. The highest BCUT2D eigenvalue weighted by Gasteiger charge is 2.14. The van der Waals surface area contributed by atoms with E-state index in [4.69, 9.17) is 0 Å². The number of benzene rings is 1. The lowest BCUT2D eigenvalue weighted by Crippen LogP contribution is -2.43. The number of nitrogens with zero attached hydrogens (tertiary/aromatic N) is 1. The minimum Gasteiger partial charge on any atom is -0.393 e. The van der Waals surface area contributed by atoms with Crippen molar-refractivity contribution in [2.45, 2.75) is 38.8 Å². The van der Waals surface area contributed by atoms with Crippen molar-refractivity contribution < 1.29 is 14.3 Å². The third-order valence-corrected chi connectivity index (χ3v) is 3.08. The number of aliphatic hydroxyl groups is 1. The summed E-state index contributed by atoms with van der Waals surface area (Å²) in [6.45, 7) is 4.01. The van der Waals surface area contributed by atoms with Crippen LogP contribution in [0.4, 0.5) is 9.18 Å². The summed E-state index contributed by atoms with van der Waals surface area (Å²) in [5.74, 6) is -0.254. The zero-order valence-corrected chi connectivity index (χ0v) is 12.3. The number of nitrogens with one attached hydrogen (secondary N) is 1. The van der Waals surface area contributed by atoms with Crippen LogP contribution in [0.3, 0.4) is 0 Å². The van der Waals surface area contributed by atoms with Crippen LogP contribution >= 0.6 is 0 Å². The Labute approximate surface area is 119 Å². The second-order valence-corrected chi connectivity index (χ2v) is 5.21. The number of urea groups is 1. The van der Waals surface area contributed by atoms with Gasteiger partial charge in [0.15, 0.2) is 0 Å². The monoisotopic (exact) mass is 282 g/mol. The largest absolute Gasteiger partial charge is 0.393 e. The van der Waals surface area contributed by atoms with E-state index in [0.29, 0.717) is 24.9 Å². The minimum absolute atomic E-state index is 0.159. The van der Waals surface area contributed by atoms with E-state index in [1.807, 2.05) is 6.92 Å². The lowest BCUT2D eigenvalue weighted by atomic mass is 10.1. The molecule has 1 rings (SSSR count). The Balaban J connectivity index is 2.43. The summed E-state index contributed by atoms with van der Waals surface area (Å²) < 4.78 is 13.5. The Hall–Kier alpha value is -1.62. The van der Waals surface area contributed by atoms with Crippen molar-refractivity contribution in [3.05, 3.63) is 35.6 Å². The van der Waals surface area contributed by atoms with Gasteiger partial charge in [-0.1, -0.05) is 18.2 Å². The number of hydrogen-bond donors (Lipinski definition) is 2. The fraction of sp³-hybridized carbons (Fsp3) is 0.533. The number of aliphatic hydroxyl groups excluding tert-OH is 1. The highest BCUT2D eigenvalue weighted by molar-refractivity contribution is 5.74. The van der Waals surface area contributed by atoms with Crippen LogP contribution in [-0.2, 0) is 6.42 Å². The van der Waals surface area contributed by atoms with E-state index in [2.05, 4.69) is 5.32 Å². The molecule has 5 heteroatoms. The van der Waals surface area contributed by atoms with E-state index < -0.39 is 6.10 Å². The summed E-state index contributed by atoms with van der Waals surface area (Å²) in [6, 6.07) is 6.18. The van der Waals surface area contributed by atoms with Crippen LogP contribution in [0.2, 0.25) is 0 Å². The average Bonchev–Trinajstić information content (AvgIpc) is 2.38. The van der Waals surface area contributed by atoms with Gasteiger partial charge in [-0.3, -0.25) is 0 Å². The van der Waals surface area contributed by atoms with Crippen LogP contribution in [0, 0.1) is 5.82 Å².